The molecule has 0 aliphatic rings. The first kappa shape index (κ1) is 18.8. The maximum absolute atomic E-state index is 11.9. The molecule has 0 aromatic heterocycles. The largest absolute Gasteiger partial charge is 0.496 e. The highest BCUT2D eigenvalue weighted by Gasteiger charge is 2.16. The third-order valence-electron chi connectivity index (χ3n) is 4.41. The van der Waals surface area contributed by atoms with E-state index in [1.165, 1.54) is 31.9 Å². The normalized spacial score (nSPS) is 10.6. The van der Waals surface area contributed by atoms with Crippen molar-refractivity contribution in [3.05, 3.63) is 52.6 Å². The van der Waals surface area contributed by atoms with Crippen molar-refractivity contribution in [1.29, 1.82) is 0 Å². The molecule has 0 saturated carbocycles. The Balaban J connectivity index is 2.33. The van der Waals surface area contributed by atoms with E-state index in [-0.39, 0.29) is 0 Å². The summed E-state index contributed by atoms with van der Waals surface area (Å²) in [5.41, 5.74) is 11.3. The molecular weight excluding hydrogens is 312 g/mol. The highest BCUT2D eigenvalue weighted by Crippen LogP contribution is 2.32. The van der Waals surface area contributed by atoms with E-state index in [9.17, 15) is 4.79 Å². The summed E-state index contributed by atoms with van der Waals surface area (Å²) in [5.74, 6) is -0.0320. The van der Waals surface area contributed by atoms with E-state index in [2.05, 4.69) is 38.2 Å². The Morgan fingerprint density at radius 3 is 2.40 bits per heavy atom. The molecule has 0 radical (unpaired) electrons. The van der Waals surface area contributed by atoms with Crippen molar-refractivity contribution in [2.75, 3.05) is 12.4 Å². The van der Waals surface area contributed by atoms with Gasteiger partial charge in [0.2, 0.25) is 0 Å². The Labute approximate surface area is 150 Å². The van der Waals surface area contributed by atoms with Gasteiger partial charge in [0, 0.05) is 5.69 Å². The fourth-order valence-electron chi connectivity index (χ4n) is 3.17. The molecule has 2 rings (SSSR count). The lowest BCUT2D eigenvalue weighted by Gasteiger charge is -2.18. The van der Waals surface area contributed by atoms with Crippen molar-refractivity contribution in [1.82, 2.24) is 0 Å². The van der Waals surface area contributed by atoms with Gasteiger partial charge in [0.25, 0.3) is 5.91 Å². The Morgan fingerprint density at radius 1 is 1.16 bits per heavy atom. The summed E-state index contributed by atoms with van der Waals surface area (Å²) < 4.78 is 5.28. The van der Waals surface area contributed by atoms with Crippen LogP contribution in [0.5, 0.6) is 5.75 Å². The summed E-state index contributed by atoms with van der Waals surface area (Å²) >= 11 is 0. The SMILES string of the molecule is CCCCCc1cc(C)c(Nc2cccc(OC)c2C(N)=O)c(C)c1. The third-order valence-corrected chi connectivity index (χ3v) is 4.41. The lowest BCUT2D eigenvalue weighted by molar-refractivity contribution is 0.0998. The highest BCUT2D eigenvalue weighted by atomic mass is 16.5. The second-order valence-electron chi connectivity index (χ2n) is 6.43. The monoisotopic (exact) mass is 340 g/mol. The minimum absolute atomic E-state index is 0.371. The van der Waals surface area contributed by atoms with Crippen molar-refractivity contribution in [2.24, 2.45) is 5.73 Å². The molecule has 4 nitrogen and oxygen atoms in total. The topological polar surface area (TPSA) is 64.3 Å². The summed E-state index contributed by atoms with van der Waals surface area (Å²) in [7, 11) is 1.53. The van der Waals surface area contributed by atoms with Crippen LogP contribution in [-0.4, -0.2) is 13.0 Å². The predicted octanol–water partition coefficient (Wildman–Crippen LogP) is 4.89. The van der Waals surface area contributed by atoms with Crippen molar-refractivity contribution in [3.8, 4) is 5.75 Å². The zero-order valence-corrected chi connectivity index (χ0v) is 15.6. The standard InChI is InChI=1S/C21H28N2O2/c1-5-6-7-9-16-12-14(2)20(15(3)13-16)23-17-10-8-11-18(25-4)19(17)21(22)24/h8,10-13,23H,5-7,9H2,1-4H3,(H2,22,24). The van der Waals surface area contributed by atoms with E-state index < -0.39 is 5.91 Å². The number of anilines is 2. The van der Waals surface area contributed by atoms with Gasteiger partial charge in [0.1, 0.15) is 11.3 Å². The van der Waals surface area contributed by atoms with Gasteiger partial charge in [-0.3, -0.25) is 4.79 Å². The van der Waals surface area contributed by atoms with E-state index in [4.69, 9.17) is 10.5 Å². The van der Waals surface area contributed by atoms with Gasteiger partial charge in [0.05, 0.1) is 12.8 Å². The molecule has 25 heavy (non-hydrogen) atoms. The number of nitrogens with two attached hydrogens (primary N) is 1. The highest BCUT2D eigenvalue weighted by molar-refractivity contribution is 6.02. The zero-order chi connectivity index (χ0) is 18.4. The zero-order valence-electron chi connectivity index (χ0n) is 15.6. The fraction of sp³-hybridized carbons (Fsp3) is 0.381. The van der Waals surface area contributed by atoms with Gasteiger partial charge < -0.3 is 15.8 Å². The van der Waals surface area contributed by atoms with Crippen LogP contribution >= 0.6 is 0 Å². The smallest absolute Gasteiger partial charge is 0.254 e. The number of hydrogen-bond donors (Lipinski definition) is 2. The summed E-state index contributed by atoms with van der Waals surface area (Å²) in [6, 6.07) is 9.86. The Hall–Kier alpha value is -2.49. The third kappa shape index (κ3) is 4.53. The van der Waals surface area contributed by atoms with Crippen molar-refractivity contribution in [2.45, 2.75) is 46.5 Å². The van der Waals surface area contributed by atoms with Gasteiger partial charge in [-0.1, -0.05) is 38.0 Å². The molecule has 134 valence electrons. The number of carbonyl (C=O) groups is 1. The predicted molar refractivity (Wildman–Crippen MR) is 104 cm³/mol. The van der Waals surface area contributed by atoms with E-state index in [0.29, 0.717) is 17.0 Å². The first-order valence-corrected chi connectivity index (χ1v) is 8.81. The van der Waals surface area contributed by atoms with Gasteiger partial charge in [-0.2, -0.15) is 0 Å². The number of amides is 1. The number of ether oxygens (including phenoxy) is 1. The quantitative estimate of drug-likeness (QED) is 0.673. The number of rotatable bonds is 8. The minimum atomic E-state index is -0.508. The number of benzene rings is 2. The average Bonchev–Trinajstić information content (AvgIpc) is 2.57. The van der Waals surface area contributed by atoms with Crippen molar-refractivity contribution >= 4 is 17.3 Å². The number of aryl methyl sites for hydroxylation is 3. The van der Waals surface area contributed by atoms with Crippen LogP contribution in [0.15, 0.2) is 30.3 Å². The number of primary amides is 1. The first-order chi connectivity index (χ1) is 12.0. The Morgan fingerprint density at radius 2 is 1.84 bits per heavy atom. The number of nitrogens with one attached hydrogen (secondary N) is 1. The summed E-state index contributed by atoms with van der Waals surface area (Å²) in [6.45, 7) is 6.39. The molecule has 0 atom stereocenters. The molecular formula is C21H28N2O2. The molecule has 4 heteroatoms. The number of carbonyl (C=O) groups excluding carboxylic acids is 1. The second kappa shape index (κ2) is 8.56. The number of methoxy groups -OCH3 is 1. The molecule has 1 amide bonds. The first-order valence-electron chi connectivity index (χ1n) is 8.81. The Bertz CT molecular complexity index is 731. The average molecular weight is 340 g/mol. The van der Waals surface area contributed by atoms with Gasteiger partial charge in [-0.05, 0) is 55.5 Å². The maximum Gasteiger partial charge on any atom is 0.254 e. The molecule has 0 saturated heterocycles. The molecule has 0 heterocycles. The molecule has 0 aliphatic carbocycles. The van der Waals surface area contributed by atoms with Crippen molar-refractivity contribution < 1.29 is 9.53 Å². The molecule has 0 aliphatic heterocycles. The van der Waals surface area contributed by atoms with Crippen LogP contribution in [0.2, 0.25) is 0 Å². The second-order valence-corrected chi connectivity index (χ2v) is 6.43. The molecule has 2 aromatic rings. The van der Waals surface area contributed by atoms with Crippen LogP contribution in [0.25, 0.3) is 0 Å². The fourth-order valence-corrected chi connectivity index (χ4v) is 3.17. The van der Waals surface area contributed by atoms with Gasteiger partial charge in [-0.15, -0.1) is 0 Å². The maximum atomic E-state index is 11.9. The van der Waals surface area contributed by atoms with Crippen LogP contribution in [0.3, 0.4) is 0 Å². The van der Waals surface area contributed by atoms with E-state index in [0.717, 1.165) is 23.2 Å². The molecule has 2 aromatic carbocycles. The van der Waals surface area contributed by atoms with E-state index >= 15 is 0 Å². The van der Waals surface area contributed by atoms with Gasteiger partial charge in [0.15, 0.2) is 0 Å². The molecule has 0 spiro atoms. The molecule has 0 bridgehead atoms. The molecule has 3 N–H and O–H groups in total. The van der Waals surface area contributed by atoms with E-state index in [1.54, 1.807) is 6.07 Å². The van der Waals surface area contributed by atoms with E-state index in [1.807, 2.05) is 12.1 Å². The summed E-state index contributed by atoms with van der Waals surface area (Å²) in [5, 5.41) is 3.38. The molecule has 0 fully saturated rings. The van der Waals surface area contributed by atoms with Crippen LogP contribution in [0, 0.1) is 13.8 Å². The van der Waals surface area contributed by atoms with Crippen LogP contribution < -0.4 is 15.8 Å². The van der Waals surface area contributed by atoms with Crippen LogP contribution in [-0.2, 0) is 6.42 Å². The lowest BCUT2D eigenvalue weighted by Crippen LogP contribution is -2.15. The number of unbranched alkanes of at least 4 members (excludes halogenated alkanes) is 2. The summed E-state index contributed by atoms with van der Waals surface area (Å²) in [4.78, 5) is 11.9. The lowest BCUT2D eigenvalue weighted by atomic mass is 9.99. The number of hydrogen-bond acceptors (Lipinski definition) is 3. The van der Waals surface area contributed by atoms with Crippen molar-refractivity contribution in [3.63, 3.8) is 0 Å². The minimum Gasteiger partial charge on any atom is -0.496 e. The van der Waals surface area contributed by atoms with Crippen LogP contribution in [0.4, 0.5) is 11.4 Å². The van der Waals surface area contributed by atoms with Gasteiger partial charge in [-0.25, -0.2) is 0 Å². The van der Waals surface area contributed by atoms with Gasteiger partial charge >= 0.3 is 0 Å². The Kier molecular flexibility index (Phi) is 6.45. The molecule has 0 unspecified atom stereocenters. The summed E-state index contributed by atoms with van der Waals surface area (Å²) in [6.07, 6.45) is 4.79. The van der Waals surface area contributed by atoms with Crippen LogP contribution in [0.1, 0.15) is 53.2 Å².